The summed E-state index contributed by atoms with van der Waals surface area (Å²) in [6.07, 6.45) is 0. The second-order valence-electron chi connectivity index (χ2n) is 7.38. The Hall–Kier alpha value is -3.08. The largest absolute Gasteiger partial charge is 0.496 e. The third-order valence-electron chi connectivity index (χ3n) is 4.98. The van der Waals surface area contributed by atoms with E-state index in [9.17, 15) is 18.0 Å². The van der Waals surface area contributed by atoms with Crippen molar-refractivity contribution in [3.63, 3.8) is 0 Å². The molecule has 0 aromatic heterocycles. The summed E-state index contributed by atoms with van der Waals surface area (Å²) in [5.41, 5.74) is 1.56. The molecule has 3 aromatic rings. The van der Waals surface area contributed by atoms with Gasteiger partial charge in [0.05, 0.1) is 39.9 Å². The third-order valence-corrected chi connectivity index (χ3v) is 7.69. The standard InChI is InChI=1S/C24H22BrClN2O6S/c1-15-4-7-17(8-5-15)28(35(31,32)18-9-11-22(33-2)20(25)13-18)14-23(29)27-16-6-10-21(26)19(12-16)24(30)34-3/h4-13H,14H2,1-3H3,(H,27,29). The van der Waals surface area contributed by atoms with Gasteiger partial charge in [-0.15, -0.1) is 0 Å². The quantitative estimate of drug-likeness (QED) is 0.374. The lowest BCUT2D eigenvalue weighted by Crippen LogP contribution is -2.38. The Bertz CT molecular complexity index is 1360. The van der Waals surface area contributed by atoms with Crippen LogP contribution in [-0.4, -0.2) is 41.1 Å². The van der Waals surface area contributed by atoms with Gasteiger partial charge in [-0.25, -0.2) is 13.2 Å². The fourth-order valence-corrected chi connectivity index (χ4v) is 5.50. The summed E-state index contributed by atoms with van der Waals surface area (Å²) in [4.78, 5) is 24.8. The van der Waals surface area contributed by atoms with Gasteiger partial charge < -0.3 is 14.8 Å². The van der Waals surface area contributed by atoms with Crippen LogP contribution >= 0.6 is 27.5 Å². The molecular formula is C24H22BrClN2O6S. The maximum absolute atomic E-state index is 13.6. The molecule has 3 aromatic carbocycles. The highest BCUT2D eigenvalue weighted by Gasteiger charge is 2.28. The molecule has 3 rings (SSSR count). The lowest BCUT2D eigenvalue weighted by Gasteiger charge is -2.24. The van der Waals surface area contributed by atoms with Crippen molar-refractivity contribution in [1.82, 2.24) is 0 Å². The van der Waals surface area contributed by atoms with Gasteiger partial charge in [0.25, 0.3) is 10.0 Å². The number of amides is 1. The molecule has 35 heavy (non-hydrogen) atoms. The van der Waals surface area contributed by atoms with Crippen LogP contribution in [0.3, 0.4) is 0 Å². The summed E-state index contributed by atoms with van der Waals surface area (Å²) < 4.78 is 38.5. The molecule has 1 N–H and O–H groups in total. The molecule has 184 valence electrons. The van der Waals surface area contributed by atoms with Crippen molar-refractivity contribution < 1.29 is 27.5 Å². The van der Waals surface area contributed by atoms with E-state index in [1.165, 1.54) is 50.6 Å². The maximum Gasteiger partial charge on any atom is 0.339 e. The second-order valence-corrected chi connectivity index (χ2v) is 10.5. The molecule has 0 heterocycles. The van der Waals surface area contributed by atoms with Gasteiger partial charge in [0.1, 0.15) is 12.3 Å². The van der Waals surface area contributed by atoms with Gasteiger partial charge in [-0.3, -0.25) is 9.10 Å². The van der Waals surface area contributed by atoms with E-state index >= 15 is 0 Å². The van der Waals surface area contributed by atoms with Crippen molar-refractivity contribution in [3.05, 3.63) is 81.3 Å². The number of benzene rings is 3. The van der Waals surface area contributed by atoms with Crippen LogP contribution in [0.1, 0.15) is 15.9 Å². The first kappa shape index (κ1) is 26.5. The van der Waals surface area contributed by atoms with Crippen molar-refractivity contribution in [3.8, 4) is 5.75 Å². The molecule has 0 spiro atoms. The van der Waals surface area contributed by atoms with Gasteiger partial charge in [-0.05, 0) is 71.4 Å². The number of ether oxygens (including phenoxy) is 2. The number of aryl methyl sites for hydroxylation is 1. The summed E-state index contributed by atoms with van der Waals surface area (Å²) in [7, 11) is -1.46. The fraction of sp³-hybridized carbons (Fsp3) is 0.167. The number of rotatable bonds is 8. The van der Waals surface area contributed by atoms with E-state index in [4.69, 9.17) is 21.1 Å². The Labute approximate surface area is 217 Å². The highest BCUT2D eigenvalue weighted by Crippen LogP contribution is 2.31. The van der Waals surface area contributed by atoms with Crippen LogP contribution in [0, 0.1) is 6.92 Å². The molecule has 0 fully saturated rings. The highest BCUT2D eigenvalue weighted by atomic mass is 79.9. The molecule has 11 heteroatoms. The Kier molecular flexibility index (Phi) is 8.42. The number of hydrogen-bond donors (Lipinski definition) is 1. The number of nitrogens with zero attached hydrogens (tertiary/aromatic N) is 1. The lowest BCUT2D eigenvalue weighted by atomic mass is 10.2. The molecule has 0 saturated heterocycles. The number of halogens is 2. The molecule has 0 aliphatic rings. The average Bonchev–Trinajstić information content (AvgIpc) is 2.83. The van der Waals surface area contributed by atoms with Gasteiger partial charge in [-0.2, -0.15) is 0 Å². The Morgan fingerprint density at radius 3 is 2.31 bits per heavy atom. The van der Waals surface area contributed by atoms with Crippen LogP contribution in [0.4, 0.5) is 11.4 Å². The van der Waals surface area contributed by atoms with E-state index in [0.29, 0.717) is 15.9 Å². The van der Waals surface area contributed by atoms with Crippen LogP contribution < -0.4 is 14.4 Å². The third kappa shape index (κ3) is 6.14. The monoisotopic (exact) mass is 580 g/mol. The first-order valence-corrected chi connectivity index (χ1v) is 12.8. The van der Waals surface area contributed by atoms with E-state index in [1.807, 2.05) is 6.92 Å². The first-order valence-electron chi connectivity index (χ1n) is 10.2. The van der Waals surface area contributed by atoms with Crippen LogP contribution in [0.5, 0.6) is 5.75 Å². The normalized spacial score (nSPS) is 11.0. The average molecular weight is 582 g/mol. The molecular weight excluding hydrogens is 560 g/mol. The SMILES string of the molecule is COC(=O)c1cc(NC(=O)CN(c2ccc(C)cc2)S(=O)(=O)c2ccc(OC)c(Br)c2)ccc1Cl. The number of anilines is 2. The molecule has 1 amide bonds. The molecule has 0 aliphatic carbocycles. The number of nitrogens with one attached hydrogen (secondary N) is 1. The Balaban J connectivity index is 1.95. The number of sulfonamides is 1. The van der Waals surface area contributed by atoms with Crippen molar-refractivity contribution in [2.45, 2.75) is 11.8 Å². The molecule has 8 nitrogen and oxygen atoms in total. The maximum atomic E-state index is 13.6. The van der Waals surface area contributed by atoms with Crippen LogP contribution in [0.25, 0.3) is 0 Å². The number of methoxy groups -OCH3 is 2. The van der Waals surface area contributed by atoms with Gasteiger partial charge in [0.2, 0.25) is 5.91 Å². The zero-order chi connectivity index (χ0) is 25.8. The number of carbonyl (C=O) groups excluding carboxylic acids is 2. The molecule has 0 bridgehead atoms. The molecule has 0 saturated carbocycles. The molecule has 0 radical (unpaired) electrons. The van der Waals surface area contributed by atoms with Crippen molar-refractivity contribution in [2.24, 2.45) is 0 Å². The summed E-state index contributed by atoms with van der Waals surface area (Å²) in [5, 5.41) is 2.77. The zero-order valence-electron chi connectivity index (χ0n) is 19.0. The molecule has 0 unspecified atom stereocenters. The number of esters is 1. The van der Waals surface area contributed by atoms with E-state index in [2.05, 4.69) is 21.2 Å². The first-order chi connectivity index (χ1) is 16.6. The van der Waals surface area contributed by atoms with Crippen LogP contribution in [0.2, 0.25) is 5.02 Å². The predicted molar refractivity (Wildman–Crippen MR) is 138 cm³/mol. The van der Waals surface area contributed by atoms with Gasteiger partial charge >= 0.3 is 5.97 Å². The second kappa shape index (κ2) is 11.1. The highest BCUT2D eigenvalue weighted by molar-refractivity contribution is 9.10. The van der Waals surface area contributed by atoms with Crippen LogP contribution in [-0.2, 0) is 19.6 Å². The van der Waals surface area contributed by atoms with Crippen LogP contribution in [0.15, 0.2) is 70.0 Å². The summed E-state index contributed by atoms with van der Waals surface area (Å²) in [5.74, 6) is -0.826. The number of carbonyl (C=O) groups is 2. The minimum atomic E-state index is -4.14. The van der Waals surface area contributed by atoms with Crippen molar-refractivity contribution in [2.75, 3.05) is 30.4 Å². The van der Waals surface area contributed by atoms with Gasteiger partial charge in [0, 0.05) is 5.69 Å². The molecule has 0 aliphatic heterocycles. The van der Waals surface area contributed by atoms with E-state index in [1.54, 1.807) is 24.3 Å². The smallest absolute Gasteiger partial charge is 0.339 e. The van der Waals surface area contributed by atoms with E-state index in [-0.39, 0.29) is 21.2 Å². The van der Waals surface area contributed by atoms with Crippen molar-refractivity contribution in [1.29, 1.82) is 0 Å². The summed E-state index contributed by atoms with van der Waals surface area (Å²) in [6, 6.07) is 15.4. The minimum Gasteiger partial charge on any atom is -0.496 e. The van der Waals surface area contributed by atoms with Crippen molar-refractivity contribution >= 4 is 60.8 Å². The molecule has 0 atom stereocenters. The van der Waals surface area contributed by atoms with E-state index in [0.717, 1.165) is 9.87 Å². The Morgan fingerprint density at radius 2 is 1.71 bits per heavy atom. The zero-order valence-corrected chi connectivity index (χ0v) is 22.2. The van der Waals surface area contributed by atoms with E-state index < -0.39 is 28.4 Å². The predicted octanol–water partition coefficient (Wildman–Crippen LogP) is 5.04. The summed E-state index contributed by atoms with van der Waals surface area (Å²) in [6.45, 7) is 1.35. The fourth-order valence-electron chi connectivity index (χ4n) is 3.16. The minimum absolute atomic E-state index is 0.0296. The lowest BCUT2D eigenvalue weighted by molar-refractivity contribution is -0.114. The topological polar surface area (TPSA) is 102 Å². The number of hydrogen-bond acceptors (Lipinski definition) is 6. The summed E-state index contributed by atoms with van der Waals surface area (Å²) >= 11 is 9.34. The van der Waals surface area contributed by atoms with Gasteiger partial charge in [0.15, 0.2) is 0 Å². The van der Waals surface area contributed by atoms with Gasteiger partial charge in [-0.1, -0.05) is 29.3 Å². The Morgan fingerprint density at radius 1 is 1.03 bits per heavy atom.